The molecule has 0 spiro atoms. The van der Waals surface area contributed by atoms with E-state index in [-0.39, 0.29) is 18.5 Å². The summed E-state index contributed by atoms with van der Waals surface area (Å²) in [6.45, 7) is 5.06. The van der Waals surface area contributed by atoms with Gasteiger partial charge in [0.05, 0.1) is 12.6 Å². The number of hydrogen-bond donors (Lipinski definition) is 3. The summed E-state index contributed by atoms with van der Waals surface area (Å²) < 4.78 is 0. The minimum atomic E-state index is -0.0690. The molecule has 2 aromatic carbocycles. The van der Waals surface area contributed by atoms with Crippen LogP contribution in [-0.4, -0.2) is 38.5 Å². The number of rotatable bonds is 7. The number of benzene rings is 2. The number of anilines is 1. The predicted molar refractivity (Wildman–Crippen MR) is 119 cm³/mol. The minimum Gasteiger partial charge on any atom is -0.372 e. The van der Waals surface area contributed by atoms with Crippen LogP contribution in [0.15, 0.2) is 59.6 Å². The van der Waals surface area contributed by atoms with Crippen LogP contribution in [0.5, 0.6) is 0 Å². The van der Waals surface area contributed by atoms with Crippen LogP contribution in [0.4, 0.5) is 5.69 Å². The van der Waals surface area contributed by atoms with Gasteiger partial charge >= 0.3 is 0 Å². The highest BCUT2D eigenvalue weighted by Crippen LogP contribution is 2.23. The van der Waals surface area contributed by atoms with Crippen molar-refractivity contribution in [3.63, 3.8) is 0 Å². The van der Waals surface area contributed by atoms with Crippen LogP contribution in [0.25, 0.3) is 0 Å². The molecule has 1 atom stereocenters. The molecule has 1 aliphatic heterocycles. The lowest BCUT2D eigenvalue weighted by molar-refractivity contribution is -0.120. The zero-order valence-corrected chi connectivity index (χ0v) is 17.3. The normalized spacial score (nSPS) is 15.1. The maximum Gasteiger partial charge on any atom is 0.239 e. The van der Waals surface area contributed by atoms with Crippen LogP contribution in [0.2, 0.25) is 0 Å². The first-order chi connectivity index (χ1) is 14.2. The molecule has 154 valence electrons. The maximum absolute atomic E-state index is 12.1. The second kappa shape index (κ2) is 10.5. The molecular weight excluding hydrogens is 362 g/mol. The molecule has 6 heteroatoms. The third kappa shape index (κ3) is 6.24. The Morgan fingerprint density at radius 1 is 1.07 bits per heavy atom. The number of carbonyl (C=O) groups is 1. The van der Waals surface area contributed by atoms with E-state index in [1.165, 1.54) is 24.1 Å². The second-order valence-electron chi connectivity index (χ2n) is 7.34. The molecule has 0 aliphatic carbocycles. The standard InChI is InChI=1S/C23H31N5O/c1-18(20-11-8-12-21(15-20)28-13-6-7-14-28)27-23(24-2)26-17-22(29)25-16-19-9-4-3-5-10-19/h3-5,8-12,15,18H,6-7,13-14,16-17H2,1-2H3,(H,25,29)(H2,24,26,27). The van der Waals surface area contributed by atoms with Gasteiger partial charge in [0.2, 0.25) is 5.91 Å². The largest absolute Gasteiger partial charge is 0.372 e. The van der Waals surface area contributed by atoms with Crippen molar-refractivity contribution < 1.29 is 4.79 Å². The monoisotopic (exact) mass is 393 g/mol. The topological polar surface area (TPSA) is 68.8 Å². The summed E-state index contributed by atoms with van der Waals surface area (Å²) in [7, 11) is 1.71. The lowest BCUT2D eigenvalue weighted by Gasteiger charge is -2.22. The van der Waals surface area contributed by atoms with Crippen molar-refractivity contribution in [2.75, 3.05) is 31.6 Å². The molecule has 1 amide bonds. The van der Waals surface area contributed by atoms with E-state index in [4.69, 9.17) is 0 Å². The molecule has 0 bridgehead atoms. The zero-order chi connectivity index (χ0) is 20.5. The average Bonchev–Trinajstić information content (AvgIpc) is 3.31. The van der Waals surface area contributed by atoms with Crippen LogP contribution in [0.1, 0.15) is 36.9 Å². The Hall–Kier alpha value is -3.02. The summed E-state index contributed by atoms with van der Waals surface area (Å²) >= 11 is 0. The van der Waals surface area contributed by atoms with E-state index in [2.05, 4.69) is 57.0 Å². The van der Waals surface area contributed by atoms with Gasteiger partial charge in [-0.25, -0.2) is 0 Å². The Kier molecular flexibility index (Phi) is 7.50. The van der Waals surface area contributed by atoms with Crippen molar-refractivity contribution in [2.45, 2.75) is 32.4 Å². The number of guanidine groups is 1. The van der Waals surface area contributed by atoms with Gasteiger partial charge in [-0.2, -0.15) is 0 Å². The first kappa shape index (κ1) is 20.7. The fourth-order valence-corrected chi connectivity index (χ4v) is 3.47. The van der Waals surface area contributed by atoms with E-state index in [0.29, 0.717) is 12.5 Å². The van der Waals surface area contributed by atoms with Gasteiger partial charge in [-0.15, -0.1) is 0 Å². The van der Waals surface area contributed by atoms with Gasteiger partial charge in [-0.05, 0) is 43.0 Å². The number of amides is 1. The highest BCUT2D eigenvalue weighted by Gasteiger charge is 2.14. The smallest absolute Gasteiger partial charge is 0.239 e. The van der Waals surface area contributed by atoms with Crippen molar-refractivity contribution in [3.8, 4) is 0 Å². The molecule has 1 fully saturated rings. The Morgan fingerprint density at radius 3 is 2.55 bits per heavy atom. The molecule has 3 rings (SSSR count). The highest BCUT2D eigenvalue weighted by molar-refractivity contribution is 5.86. The SMILES string of the molecule is CN=C(NCC(=O)NCc1ccccc1)NC(C)c1cccc(N2CCCC2)c1. The first-order valence-electron chi connectivity index (χ1n) is 10.3. The van der Waals surface area contributed by atoms with Gasteiger partial charge < -0.3 is 20.9 Å². The van der Waals surface area contributed by atoms with Crippen molar-refractivity contribution in [1.82, 2.24) is 16.0 Å². The Morgan fingerprint density at radius 2 is 1.83 bits per heavy atom. The summed E-state index contributed by atoms with van der Waals surface area (Å²) in [6.07, 6.45) is 2.53. The Labute approximate surface area is 173 Å². The Balaban J connectivity index is 1.48. The van der Waals surface area contributed by atoms with Gasteiger partial charge in [0, 0.05) is 32.4 Å². The highest BCUT2D eigenvalue weighted by atomic mass is 16.1. The molecule has 0 aromatic heterocycles. The molecule has 3 N–H and O–H groups in total. The molecule has 1 aliphatic rings. The van der Waals surface area contributed by atoms with Crippen molar-refractivity contribution in [2.24, 2.45) is 4.99 Å². The van der Waals surface area contributed by atoms with Gasteiger partial charge in [-0.3, -0.25) is 9.79 Å². The van der Waals surface area contributed by atoms with E-state index < -0.39 is 0 Å². The zero-order valence-electron chi connectivity index (χ0n) is 17.3. The molecule has 1 saturated heterocycles. The summed E-state index contributed by atoms with van der Waals surface area (Å²) in [5.41, 5.74) is 3.55. The van der Waals surface area contributed by atoms with E-state index >= 15 is 0 Å². The van der Waals surface area contributed by atoms with Gasteiger partial charge in [0.15, 0.2) is 5.96 Å². The molecule has 29 heavy (non-hydrogen) atoms. The molecule has 0 radical (unpaired) electrons. The van der Waals surface area contributed by atoms with E-state index in [1.54, 1.807) is 7.05 Å². The molecular formula is C23H31N5O. The lowest BCUT2D eigenvalue weighted by Crippen LogP contribution is -2.43. The van der Waals surface area contributed by atoms with Crippen LogP contribution in [0.3, 0.4) is 0 Å². The minimum absolute atomic E-state index is 0.0690. The van der Waals surface area contributed by atoms with E-state index in [9.17, 15) is 4.79 Å². The van der Waals surface area contributed by atoms with Gasteiger partial charge in [-0.1, -0.05) is 42.5 Å². The fourth-order valence-electron chi connectivity index (χ4n) is 3.47. The van der Waals surface area contributed by atoms with Crippen LogP contribution >= 0.6 is 0 Å². The summed E-state index contributed by atoms with van der Waals surface area (Å²) in [4.78, 5) is 18.8. The number of aliphatic imine (C=N–C) groups is 1. The van der Waals surface area contributed by atoms with E-state index in [1.807, 2.05) is 30.3 Å². The van der Waals surface area contributed by atoms with Crippen molar-refractivity contribution in [3.05, 3.63) is 65.7 Å². The first-order valence-corrected chi connectivity index (χ1v) is 10.3. The second-order valence-corrected chi connectivity index (χ2v) is 7.34. The third-order valence-corrected chi connectivity index (χ3v) is 5.17. The molecule has 6 nitrogen and oxygen atoms in total. The average molecular weight is 394 g/mol. The van der Waals surface area contributed by atoms with Gasteiger partial charge in [0.25, 0.3) is 0 Å². The van der Waals surface area contributed by atoms with Crippen LogP contribution in [0, 0.1) is 0 Å². The molecule has 1 heterocycles. The quantitative estimate of drug-likeness (QED) is 0.500. The summed E-state index contributed by atoms with van der Waals surface area (Å²) in [6, 6.07) is 18.6. The number of nitrogens with one attached hydrogen (secondary N) is 3. The van der Waals surface area contributed by atoms with Crippen LogP contribution < -0.4 is 20.9 Å². The van der Waals surface area contributed by atoms with Crippen molar-refractivity contribution in [1.29, 1.82) is 0 Å². The van der Waals surface area contributed by atoms with Crippen molar-refractivity contribution >= 4 is 17.6 Å². The molecule has 0 saturated carbocycles. The fraction of sp³-hybridized carbons (Fsp3) is 0.391. The number of carbonyl (C=O) groups excluding carboxylic acids is 1. The predicted octanol–water partition coefficient (Wildman–Crippen LogP) is 2.83. The third-order valence-electron chi connectivity index (χ3n) is 5.17. The summed E-state index contributed by atoms with van der Waals surface area (Å²) in [5.74, 6) is 0.541. The van der Waals surface area contributed by atoms with E-state index in [0.717, 1.165) is 18.7 Å². The number of nitrogens with zero attached hydrogens (tertiary/aromatic N) is 2. The van der Waals surface area contributed by atoms with Gasteiger partial charge in [0.1, 0.15) is 0 Å². The lowest BCUT2D eigenvalue weighted by atomic mass is 10.1. The maximum atomic E-state index is 12.1. The Bertz CT molecular complexity index is 815. The van der Waals surface area contributed by atoms with Crippen LogP contribution in [-0.2, 0) is 11.3 Å². The molecule has 2 aromatic rings. The number of hydrogen-bond acceptors (Lipinski definition) is 3. The molecule has 1 unspecified atom stereocenters. The summed E-state index contributed by atoms with van der Waals surface area (Å²) in [5, 5.41) is 9.37.